The van der Waals surface area contributed by atoms with Crippen LogP contribution in [-0.4, -0.2) is 4.98 Å². The van der Waals surface area contributed by atoms with E-state index in [1.165, 1.54) is 16.3 Å². The molecule has 0 fully saturated rings. The Labute approximate surface area is 101 Å². The van der Waals surface area contributed by atoms with Crippen molar-refractivity contribution in [2.24, 2.45) is 0 Å². The summed E-state index contributed by atoms with van der Waals surface area (Å²) in [7, 11) is 0. The zero-order chi connectivity index (χ0) is 11.5. The van der Waals surface area contributed by atoms with Crippen LogP contribution in [0.4, 0.5) is 0 Å². The second kappa shape index (κ2) is 4.32. The van der Waals surface area contributed by atoms with Gasteiger partial charge in [-0.3, -0.25) is 4.98 Å². The van der Waals surface area contributed by atoms with E-state index in [4.69, 9.17) is 0 Å². The fourth-order valence-electron chi connectivity index (χ4n) is 2.06. The molecule has 0 unspecified atom stereocenters. The highest BCUT2D eigenvalue weighted by molar-refractivity contribution is 5.84. The van der Waals surface area contributed by atoms with E-state index in [1.807, 2.05) is 24.4 Å². The maximum Gasteiger partial charge on any atom is 0.106 e. The van der Waals surface area contributed by atoms with Gasteiger partial charge in [0, 0.05) is 23.7 Å². The van der Waals surface area contributed by atoms with Crippen molar-refractivity contribution in [3.63, 3.8) is 0 Å². The van der Waals surface area contributed by atoms with Crippen molar-refractivity contribution >= 4 is 10.8 Å². The van der Waals surface area contributed by atoms with Gasteiger partial charge in [-0.2, -0.15) is 0 Å². The normalized spacial score (nSPS) is 13.5. The summed E-state index contributed by atoms with van der Waals surface area (Å²) in [6.07, 6.45) is 13.9. The molecular formula is C16H12N+. The van der Waals surface area contributed by atoms with Crippen LogP contribution >= 0.6 is 0 Å². The van der Waals surface area contributed by atoms with Gasteiger partial charge < -0.3 is 0 Å². The van der Waals surface area contributed by atoms with E-state index in [0.717, 1.165) is 12.1 Å². The van der Waals surface area contributed by atoms with Crippen LogP contribution in [0.1, 0.15) is 5.69 Å². The molecule has 0 spiro atoms. The maximum atomic E-state index is 4.49. The van der Waals surface area contributed by atoms with Crippen LogP contribution in [0.3, 0.4) is 0 Å². The van der Waals surface area contributed by atoms with Gasteiger partial charge in [-0.05, 0) is 11.5 Å². The molecule has 0 amide bonds. The van der Waals surface area contributed by atoms with Gasteiger partial charge in [0.2, 0.25) is 0 Å². The molecule has 0 saturated heterocycles. The van der Waals surface area contributed by atoms with Crippen LogP contribution in [0, 0.1) is 6.08 Å². The third kappa shape index (κ3) is 2.01. The summed E-state index contributed by atoms with van der Waals surface area (Å²) in [5.74, 6) is 0. The van der Waals surface area contributed by atoms with Crippen LogP contribution < -0.4 is 0 Å². The summed E-state index contributed by atoms with van der Waals surface area (Å²) >= 11 is 0. The largest absolute Gasteiger partial charge is 0.259 e. The lowest BCUT2D eigenvalue weighted by Gasteiger charge is -2.03. The Balaban J connectivity index is 2.03. The molecule has 1 aromatic carbocycles. The van der Waals surface area contributed by atoms with Crippen LogP contribution in [0.5, 0.6) is 0 Å². The van der Waals surface area contributed by atoms with Crippen LogP contribution in [0.25, 0.3) is 10.8 Å². The summed E-state index contributed by atoms with van der Waals surface area (Å²) in [5, 5.41) is 2.48. The van der Waals surface area contributed by atoms with Gasteiger partial charge in [0.1, 0.15) is 12.2 Å². The first-order valence-electron chi connectivity index (χ1n) is 5.71. The van der Waals surface area contributed by atoms with Crippen molar-refractivity contribution in [2.75, 3.05) is 0 Å². The first-order valence-corrected chi connectivity index (χ1v) is 5.71. The Morgan fingerprint density at radius 2 is 2.06 bits per heavy atom. The van der Waals surface area contributed by atoms with Crippen molar-refractivity contribution < 1.29 is 0 Å². The van der Waals surface area contributed by atoms with Gasteiger partial charge >= 0.3 is 0 Å². The first kappa shape index (κ1) is 9.95. The van der Waals surface area contributed by atoms with Crippen LogP contribution in [0.2, 0.25) is 0 Å². The number of pyridine rings is 1. The van der Waals surface area contributed by atoms with E-state index < -0.39 is 0 Å². The average molecular weight is 218 g/mol. The van der Waals surface area contributed by atoms with Crippen LogP contribution in [-0.2, 0) is 6.42 Å². The monoisotopic (exact) mass is 218 g/mol. The molecule has 0 radical (unpaired) electrons. The number of fused-ring (bicyclic) bond motifs is 1. The van der Waals surface area contributed by atoms with Crippen LogP contribution in [0.15, 0.2) is 66.4 Å². The molecule has 1 aromatic heterocycles. The molecule has 1 aliphatic carbocycles. The molecule has 0 atom stereocenters. The van der Waals surface area contributed by atoms with Gasteiger partial charge in [0.05, 0.1) is 23.8 Å². The summed E-state index contributed by atoms with van der Waals surface area (Å²) in [5.41, 5.74) is 2.37. The number of rotatable bonds is 2. The summed E-state index contributed by atoms with van der Waals surface area (Å²) in [4.78, 5) is 4.49. The Hall–Kier alpha value is -2.24. The molecule has 0 N–H and O–H groups in total. The van der Waals surface area contributed by atoms with Gasteiger partial charge in [0.15, 0.2) is 0 Å². The summed E-state index contributed by atoms with van der Waals surface area (Å²) in [6, 6.07) is 10.4. The Kier molecular flexibility index (Phi) is 2.53. The lowest BCUT2D eigenvalue weighted by molar-refractivity contribution is 1.10. The Morgan fingerprint density at radius 3 is 2.94 bits per heavy atom. The fourth-order valence-corrected chi connectivity index (χ4v) is 2.06. The molecular weight excluding hydrogens is 206 g/mol. The molecule has 1 heterocycles. The summed E-state index contributed by atoms with van der Waals surface area (Å²) < 4.78 is 0. The zero-order valence-electron chi connectivity index (χ0n) is 9.43. The van der Waals surface area contributed by atoms with Gasteiger partial charge in [-0.1, -0.05) is 24.3 Å². The van der Waals surface area contributed by atoms with Crippen molar-refractivity contribution in [3.8, 4) is 0 Å². The molecule has 0 saturated carbocycles. The summed E-state index contributed by atoms with van der Waals surface area (Å²) in [6.45, 7) is 0. The number of hydrogen-bond donors (Lipinski definition) is 0. The smallest absolute Gasteiger partial charge is 0.106 e. The minimum Gasteiger partial charge on any atom is -0.259 e. The van der Waals surface area contributed by atoms with E-state index in [1.54, 1.807) is 0 Å². The highest BCUT2D eigenvalue weighted by atomic mass is 14.7. The Morgan fingerprint density at radius 1 is 1.12 bits per heavy atom. The quantitative estimate of drug-likeness (QED) is 0.701. The second-order valence-electron chi connectivity index (χ2n) is 4.07. The molecule has 0 aliphatic heterocycles. The number of nitrogens with zero attached hydrogens (tertiary/aromatic N) is 1. The highest BCUT2D eigenvalue weighted by Gasteiger charge is 2.08. The number of benzene rings is 1. The molecule has 1 nitrogen and oxygen atoms in total. The minimum atomic E-state index is 0.860. The SMILES string of the molecule is [C+]1=CC(Cc2nccc3ccccc23)=CC=C1. The Bertz CT molecular complexity index is 628. The van der Waals surface area contributed by atoms with E-state index in [-0.39, 0.29) is 0 Å². The van der Waals surface area contributed by atoms with E-state index >= 15 is 0 Å². The molecule has 80 valence electrons. The predicted molar refractivity (Wildman–Crippen MR) is 70.5 cm³/mol. The molecule has 1 aliphatic rings. The van der Waals surface area contributed by atoms with Gasteiger partial charge in [0.25, 0.3) is 0 Å². The molecule has 3 rings (SSSR count). The zero-order valence-corrected chi connectivity index (χ0v) is 9.43. The van der Waals surface area contributed by atoms with Crippen molar-refractivity contribution in [1.29, 1.82) is 0 Å². The predicted octanol–water partition coefficient (Wildman–Crippen LogP) is 3.63. The van der Waals surface area contributed by atoms with E-state index in [0.29, 0.717) is 0 Å². The van der Waals surface area contributed by atoms with Gasteiger partial charge in [-0.25, -0.2) is 0 Å². The van der Waals surface area contributed by atoms with Crippen molar-refractivity contribution in [3.05, 3.63) is 78.2 Å². The highest BCUT2D eigenvalue weighted by Crippen LogP contribution is 2.19. The average Bonchev–Trinajstić information content (AvgIpc) is 2.40. The lowest BCUT2D eigenvalue weighted by atomic mass is 10.0. The molecule has 17 heavy (non-hydrogen) atoms. The number of aromatic nitrogens is 1. The standard InChI is InChI=1S/C16H12N/c1-2-6-13(7-3-1)12-16-15-9-5-4-8-14(15)10-11-17-16/h1-2,4-11H,12H2/q+1. The van der Waals surface area contributed by atoms with E-state index in [9.17, 15) is 0 Å². The van der Waals surface area contributed by atoms with Crippen molar-refractivity contribution in [1.82, 2.24) is 4.98 Å². The second-order valence-corrected chi connectivity index (χ2v) is 4.07. The molecule has 1 heteroatoms. The third-order valence-corrected chi connectivity index (χ3v) is 2.90. The third-order valence-electron chi connectivity index (χ3n) is 2.90. The van der Waals surface area contributed by atoms with Crippen molar-refractivity contribution in [2.45, 2.75) is 6.42 Å². The maximum absolute atomic E-state index is 4.49. The van der Waals surface area contributed by atoms with E-state index in [2.05, 4.69) is 47.5 Å². The molecule has 2 aromatic rings. The number of hydrogen-bond acceptors (Lipinski definition) is 1. The first-order chi connectivity index (χ1) is 8.43. The molecule has 0 bridgehead atoms. The topological polar surface area (TPSA) is 12.9 Å². The van der Waals surface area contributed by atoms with Gasteiger partial charge in [-0.15, -0.1) is 0 Å². The lowest BCUT2D eigenvalue weighted by Crippen LogP contribution is -1.94. The number of allylic oxidation sites excluding steroid dienone is 6. The minimum absolute atomic E-state index is 0.860. The fraction of sp³-hybridized carbons (Fsp3) is 0.0625.